The Balaban J connectivity index is 2.32. The van der Waals surface area contributed by atoms with Gasteiger partial charge in [0.1, 0.15) is 0 Å². The normalized spacial score (nSPS) is 24.2. The molecule has 1 fully saturated rings. The van der Waals surface area contributed by atoms with E-state index in [4.69, 9.17) is 0 Å². The van der Waals surface area contributed by atoms with Crippen LogP contribution in [-0.2, 0) is 0 Å². The van der Waals surface area contributed by atoms with Crippen molar-refractivity contribution in [3.8, 4) is 0 Å². The smallest absolute Gasteiger partial charge is 0.0791 e. The molecule has 0 bridgehead atoms. The highest BCUT2D eigenvalue weighted by Crippen LogP contribution is 2.18. The molecule has 1 aliphatic rings. The zero-order valence-corrected chi connectivity index (χ0v) is 12.0. The summed E-state index contributed by atoms with van der Waals surface area (Å²) in [7, 11) is 2.17. The lowest BCUT2D eigenvalue weighted by molar-refractivity contribution is 0.0145. The second kappa shape index (κ2) is 6.14. The van der Waals surface area contributed by atoms with E-state index in [1.54, 1.807) is 0 Å². The van der Waals surface area contributed by atoms with Gasteiger partial charge in [-0.25, -0.2) is 0 Å². The maximum Gasteiger partial charge on any atom is 0.0791 e. The fourth-order valence-electron chi connectivity index (χ4n) is 2.23. The highest BCUT2D eigenvalue weighted by molar-refractivity contribution is 4.88. The number of piperazine rings is 1. The summed E-state index contributed by atoms with van der Waals surface area (Å²) < 4.78 is 0. The minimum atomic E-state index is -0.267. The second-order valence-electron chi connectivity index (χ2n) is 6.19. The van der Waals surface area contributed by atoms with Gasteiger partial charge >= 0.3 is 0 Å². The van der Waals surface area contributed by atoms with Crippen LogP contribution in [0.4, 0.5) is 0 Å². The molecule has 0 amide bonds. The van der Waals surface area contributed by atoms with Crippen molar-refractivity contribution in [2.45, 2.75) is 45.4 Å². The summed E-state index contributed by atoms with van der Waals surface area (Å²) >= 11 is 0. The summed E-state index contributed by atoms with van der Waals surface area (Å²) in [6.07, 6.45) is -0.267. The van der Waals surface area contributed by atoms with E-state index >= 15 is 0 Å². The van der Waals surface area contributed by atoms with Gasteiger partial charge < -0.3 is 10.4 Å². The van der Waals surface area contributed by atoms with Crippen molar-refractivity contribution in [2.75, 3.05) is 39.8 Å². The Labute approximate surface area is 106 Å². The van der Waals surface area contributed by atoms with E-state index in [1.165, 1.54) is 0 Å². The van der Waals surface area contributed by atoms with Crippen LogP contribution in [0.1, 0.15) is 27.7 Å². The van der Waals surface area contributed by atoms with Crippen LogP contribution in [0.2, 0.25) is 0 Å². The van der Waals surface area contributed by atoms with Crippen molar-refractivity contribution in [1.82, 2.24) is 15.1 Å². The number of β-amino-alcohol motifs (C(OH)–C–C–N with tert-alkyl or cyclic N) is 1. The molecule has 0 aromatic heterocycles. The first-order valence-corrected chi connectivity index (χ1v) is 6.66. The van der Waals surface area contributed by atoms with Crippen LogP contribution in [0.25, 0.3) is 0 Å². The van der Waals surface area contributed by atoms with Gasteiger partial charge in [-0.05, 0) is 20.9 Å². The highest BCUT2D eigenvalue weighted by atomic mass is 16.3. The Morgan fingerprint density at radius 2 is 1.94 bits per heavy atom. The molecule has 1 aliphatic heterocycles. The quantitative estimate of drug-likeness (QED) is 0.732. The van der Waals surface area contributed by atoms with Gasteiger partial charge in [-0.3, -0.25) is 9.80 Å². The third-order valence-corrected chi connectivity index (χ3v) is 3.63. The van der Waals surface area contributed by atoms with Crippen LogP contribution < -0.4 is 5.32 Å². The first-order valence-electron chi connectivity index (χ1n) is 6.66. The Morgan fingerprint density at radius 1 is 1.29 bits per heavy atom. The summed E-state index contributed by atoms with van der Waals surface area (Å²) in [5.74, 6) is 0. The largest absolute Gasteiger partial charge is 0.390 e. The van der Waals surface area contributed by atoms with E-state index < -0.39 is 0 Å². The lowest BCUT2D eigenvalue weighted by Gasteiger charge is -2.45. The number of rotatable bonds is 5. The Bertz CT molecular complexity index is 231. The zero-order valence-electron chi connectivity index (χ0n) is 12.0. The third-order valence-electron chi connectivity index (χ3n) is 3.63. The van der Waals surface area contributed by atoms with E-state index in [0.717, 1.165) is 26.2 Å². The predicted molar refractivity (Wildman–Crippen MR) is 72.3 cm³/mol. The third kappa shape index (κ3) is 4.92. The molecule has 0 spiro atoms. The molecule has 4 nitrogen and oxygen atoms in total. The summed E-state index contributed by atoms with van der Waals surface area (Å²) in [6.45, 7) is 13.4. The molecule has 2 N–H and O–H groups in total. The molecule has 1 rings (SSSR count). The van der Waals surface area contributed by atoms with Gasteiger partial charge in [0, 0.05) is 44.3 Å². The molecule has 1 saturated heterocycles. The topological polar surface area (TPSA) is 38.7 Å². The molecule has 4 heteroatoms. The molecule has 0 aliphatic carbocycles. The van der Waals surface area contributed by atoms with Crippen LogP contribution in [0, 0.1) is 0 Å². The molecule has 1 atom stereocenters. The zero-order chi connectivity index (χ0) is 13.1. The summed E-state index contributed by atoms with van der Waals surface area (Å²) in [5.41, 5.74) is 0.212. The monoisotopic (exact) mass is 243 g/mol. The number of aliphatic hydroxyl groups excluding tert-OH is 1. The van der Waals surface area contributed by atoms with Gasteiger partial charge in [0.15, 0.2) is 0 Å². The maximum absolute atomic E-state index is 9.97. The summed E-state index contributed by atoms with van der Waals surface area (Å²) in [5, 5.41) is 13.2. The van der Waals surface area contributed by atoms with E-state index in [0.29, 0.717) is 12.6 Å². The van der Waals surface area contributed by atoms with Crippen molar-refractivity contribution in [2.24, 2.45) is 0 Å². The molecular weight excluding hydrogens is 214 g/mol. The Morgan fingerprint density at radius 3 is 2.47 bits per heavy atom. The van der Waals surface area contributed by atoms with Crippen LogP contribution in [-0.4, -0.2) is 72.4 Å². The van der Waals surface area contributed by atoms with E-state index in [1.807, 2.05) is 0 Å². The fraction of sp³-hybridized carbons (Fsp3) is 1.00. The first kappa shape index (κ1) is 14.9. The average Bonchev–Trinajstić information content (AvgIpc) is 2.20. The molecule has 1 unspecified atom stereocenters. The molecular formula is C13H29N3O. The van der Waals surface area contributed by atoms with E-state index in [2.05, 4.69) is 49.9 Å². The van der Waals surface area contributed by atoms with Gasteiger partial charge in [0.05, 0.1) is 6.10 Å². The molecule has 17 heavy (non-hydrogen) atoms. The van der Waals surface area contributed by atoms with Gasteiger partial charge in [-0.2, -0.15) is 0 Å². The van der Waals surface area contributed by atoms with Gasteiger partial charge in [-0.15, -0.1) is 0 Å². The van der Waals surface area contributed by atoms with Crippen LogP contribution >= 0.6 is 0 Å². The maximum atomic E-state index is 9.97. The molecule has 102 valence electrons. The Hall–Kier alpha value is -0.160. The second-order valence-corrected chi connectivity index (χ2v) is 6.19. The lowest BCUT2D eigenvalue weighted by Crippen LogP contribution is -2.59. The first-order chi connectivity index (χ1) is 7.81. The standard InChI is InChI=1S/C13H29N3O/c1-11(2)14-8-12(17)9-16-7-6-15(5)13(3,4)10-16/h11-12,14,17H,6-10H2,1-5H3. The molecule has 0 aromatic rings. The number of hydrogen-bond donors (Lipinski definition) is 2. The molecule has 1 heterocycles. The predicted octanol–water partition coefficient (Wildman–Crippen LogP) is 0.371. The number of hydrogen-bond acceptors (Lipinski definition) is 4. The van der Waals surface area contributed by atoms with E-state index in [9.17, 15) is 5.11 Å². The summed E-state index contributed by atoms with van der Waals surface area (Å²) in [6, 6.07) is 0.439. The summed E-state index contributed by atoms with van der Waals surface area (Å²) in [4.78, 5) is 4.76. The van der Waals surface area contributed by atoms with Gasteiger partial charge in [0.2, 0.25) is 0 Å². The SMILES string of the molecule is CC(C)NCC(O)CN1CCN(C)C(C)(C)C1. The minimum absolute atomic E-state index is 0.212. The van der Waals surface area contributed by atoms with Gasteiger partial charge in [-0.1, -0.05) is 13.8 Å². The molecule has 0 saturated carbocycles. The molecule has 0 aromatic carbocycles. The van der Waals surface area contributed by atoms with Crippen molar-refractivity contribution in [3.63, 3.8) is 0 Å². The highest BCUT2D eigenvalue weighted by Gasteiger charge is 2.31. The number of likely N-dealkylation sites (N-methyl/N-ethyl adjacent to an activating group) is 1. The number of nitrogens with zero attached hydrogens (tertiary/aromatic N) is 2. The average molecular weight is 243 g/mol. The van der Waals surface area contributed by atoms with Crippen molar-refractivity contribution < 1.29 is 5.11 Å². The number of aliphatic hydroxyl groups is 1. The Kier molecular flexibility index (Phi) is 5.38. The van der Waals surface area contributed by atoms with Crippen LogP contribution in [0.5, 0.6) is 0 Å². The molecule has 0 radical (unpaired) electrons. The van der Waals surface area contributed by atoms with Crippen molar-refractivity contribution in [1.29, 1.82) is 0 Å². The van der Waals surface area contributed by atoms with E-state index in [-0.39, 0.29) is 11.6 Å². The van der Waals surface area contributed by atoms with Crippen molar-refractivity contribution >= 4 is 0 Å². The number of nitrogens with one attached hydrogen (secondary N) is 1. The fourth-order valence-corrected chi connectivity index (χ4v) is 2.23. The van der Waals surface area contributed by atoms with Crippen LogP contribution in [0.3, 0.4) is 0 Å². The lowest BCUT2D eigenvalue weighted by atomic mass is 9.99. The van der Waals surface area contributed by atoms with Crippen molar-refractivity contribution in [3.05, 3.63) is 0 Å². The minimum Gasteiger partial charge on any atom is -0.390 e. The van der Waals surface area contributed by atoms with Gasteiger partial charge in [0.25, 0.3) is 0 Å². The van der Waals surface area contributed by atoms with Crippen LogP contribution in [0.15, 0.2) is 0 Å².